The fourth-order valence-corrected chi connectivity index (χ4v) is 1.81. The molecule has 0 bridgehead atoms. The number of ether oxygens (including phenoxy) is 3. The Labute approximate surface area is 78.5 Å². The Balaban J connectivity index is 1.89. The molecule has 2 rings (SSSR count). The summed E-state index contributed by atoms with van der Waals surface area (Å²) in [6.45, 7) is 6.60. The van der Waals surface area contributed by atoms with Crippen LogP contribution in [0.15, 0.2) is 0 Å². The Morgan fingerprint density at radius 1 is 1.54 bits per heavy atom. The van der Waals surface area contributed by atoms with Gasteiger partial charge in [0.25, 0.3) is 0 Å². The van der Waals surface area contributed by atoms with E-state index in [0.29, 0.717) is 19.3 Å². The van der Waals surface area contributed by atoms with E-state index < -0.39 is 0 Å². The number of rotatable bonds is 3. The molecular formula is C9H17NO3. The fourth-order valence-electron chi connectivity index (χ4n) is 1.81. The van der Waals surface area contributed by atoms with Crippen molar-refractivity contribution in [2.45, 2.75) is 18.6 Å². The van der Waals surface area contributed by atoms with Gasteiger partial charge < -0.3 is 19.5 Å². The third-order valence-electron chi connectivity index (χ3n) is 2.70. The summed E-state index contributed by atoms with van der Waals surface area (Å²) in [5, 5.41) is 3.42. The van der Waals surface area contributed by atoms with Crippen molar-refractivity contribution >= 4 is 0 Å². The quantitative estimate of drug-likeness (QED) is 0.663. The van der Waals surface area contributed by atoms with Crippen molar-refractivity contribution in [3.05, 3.63) is 0 Å². The van der Waals surface area contributed by atoms with E-state index >= 15 is 0 Å². The van der Waals surface area contributed by atoms with E-state index in [9.17, 15) is 0 Å². The van der Waals surface area contributed by atoms with Gasteiger partial charge in [-0.3, -0.25) is 0 Å². The average Bonchev–Trinajstić information content (AvgIpc) is 2.12. The fraction of sp³-hybridized carbons (Fsp3) is 1.00. The van der Waals surface area contributed by atoms with Crippen molar-refractivity contribution in [3.63, 3.8) is 0 Å². The molecule has 4 nitrogen and oxygen atoms in total. The number of hydrogen-bond acceptors (Lipinski definition) is 4. The van der Waals surface area contributed by atoms with Crippen molar-refractivity contribution in [1.82, 2.24) is 5.32 Å². The summed E-state index contributed by atoms with van der Waals surface area (Å²) < 4.78 is 16.4. The number of hydrogen-bond donors (Lipinski definition) is 1. The van der Waals surface area contributed by atoms with E-state index in [0.717, 1.165) is 26.4 Å². The summed E-state index contributed by atoms with van der Waals surface area (Å²) in [5.74, 6) is 0. The minimum Gasteiger partial charge on any atom is -0.380 e. The summed E-state index contributed by atoms with van der Waals surface area (Å²) in [6.07, 6.45) is 0. The van der Waals surface area contributed by atoms with Crippen LogP contribution in [0.5, 0.6) is 0 Å². The Kier molecular flexibility index (Phi) is 2.83. The van der Waals surface area contributed by atoms with Crippen LogP contribution in [0, 0.1) is 0 Å². The van der Waals surface area contributed by atoms with Crippen LogP contribution in [0.2, 0.25) is 0 Å². The standard InChI is InChI=1S/C9H17NO3/c1-2-11-5-8-9(6-12-7-9)13-4-3-10-8/h8,10H,2-7H2,1H3. The zero-order chi connectivity index (χ0) is 9.15. The van der Waals surface area contributed by atoms with Crippen LogP contribution in [0.25, 0.3) is 0 Å². The summed E-state index contributed by atoms with van der Waals surface area (Å²) in [4.78, 5) is 0. The highest BCUT2D eigenvalue weighted by atomic mass is 16.6. The molecule has 0 aliphatic carbocycles. The molecule has 1 atom stereocenters. The van der Waals surface area contributed by atoms with Crippen molar-refractivity contribution < 1.29 is 14.2 Å². The maximum atomic E-state index is 5.74. The smallest absolute Gasteiger partial charge is 0.132 e. The van der Waals surface area contributed by atoms with E-state index in [4.69, 9.17) is 14.2 Å². The molecule has 1 N–H and O–H groups in total. The predicted octanol–water partition coefficient (Wildman–Crippen LogP) is -0.220. The Morgan fingerprint density at radius 3 is 3.00 bits per heavy atom. The molecule has 13 heavy (non-hydrogen) atoms. The molecule has 76 valence electrons. The zero-order valence-corrected chi connectivity index (χ0v) is 8.04. The molecule has 2 saturated heterocycles. The SMILES string of the molecule is CCOCC1NCCOC12COC2. The molecular weight excluding hydrogens is 170 g/mol. The first-order chi connectivity index (χ1) is 6.37. The largest absolute Gasteiger partial charge is 0.380 e. The van der Waals surface area contributed by atoms with E-state index in [1.807, 2.05) is 6.92 Å². The van der Waals surface area contributed by atoms with Crippen LogP contribution in [-0.2, 0) is 14.2 Å². The van der Waals surface area contributed by atoms with Gasteiger partial charge in [-0.25, -0.2) is 0 Å². The molecule has 0 aromatic heterocycles. The average molecular weight is 187 g/mol. The van der Waals surface area contributed by atoms with Crippen LogP contribution < -0.4 is 5.32 Å². The van der Waals surface area contributed by atoms with Gasteiger partial charge in [-0.15, -0.1) is 0 Å². The Morgan fingerprint density at radius 2 is 2.38 bits per heavy atom. The Bertz CT molecular complexity index is 170. The van der Waals surface area contributed by atoms with Crippen LogP contribution in [0.1, 0.15) is 6.92 Å². The minimum atomic E-state index is -0.0899. The summed E-state index contributed by atoms with van der Waals surface area (Å²) in [7, 11) is 0. The molecule has 0 aromatic carbocycles. The van der Waals surface area contributed by atoms with Crippen LogP contribution in [-0.4, -0.2) is 51.2 Å². The lowest BCUT2D eigenvalue weighted by molar-refractivity contribution is -0.243. The molecule has 2 heterocycles. The first-order valence-corrected chi connectivity index (χ1v) is 4.90. The highest BCUT2D eigenvalue weighted by molar-refractivity contribution is 5.00. The predicted molar refractivity (Wildman–Crippen MR) is 47.8 cm³/mol. The van der Waals surface area contributed by atoms with Crippen molar-refractivity contribution in [1.29, 1.82) is 0 Å². The summed E-state index contributed by atoms with van der Waals surface area (Å²) in [6, 6.07) is 0.301. The van der Waals surface area contributed by atoms with Gasteiger partial charge in [-0.05, 0) is 6.92 Å². The molecule has 1 unspecified atom stereocenters. The highest BCUT2D eigenvalue weighted by Crippen LogP contribution is 2.28. The first kappa shape index (κ1) is 9.40. The second-order valence-electron chi connectivity index (χ2n) is 3.57. The van der Waals surface area contributed by atoms with E-state index in [1.54, 1.807) is 0 Å². The summed E-state index contributed by atoms with van der Waals surface area (Å²) >= 11 is 0. The van der Waals surface area contributed by atoms with Gasteiger partial charge in [0.05, 0.1) is 32.5 Å². The lowest BCUT2D eigenvalue weighted by atomic mass is 9.91. The zero-order valence-electron chi connectivity index (χ0n) is 8.04. The first-order valence-electron chi connectivity index (χ1n) is 4.90. The van der Waals surface area contributed by atoms with E-state index in [-0.39, 0.29) is 5.60 Å². The molecule has 0 amide bonds. The van der Waals surface area contributed by atoms with Gasteiger partial charge in [0.2, 0.25) is 0 Å². The molecule has 0 saturated carbocycles. The third-order valence-corrected chi connectivity index (χ3v) is 2.70. The second-order valence-corrected chi connectivity index (χ2v) is 3.57. The molecule has 2 fully saturated rings. The molecule has 2 aliphatic heterocycles. The van der Waals surface area contributed by atoms with Crippen LogP contribution in [0.3, 0.4) is 0 Å². The molecule has 2 aliphatic rings. The lowest BCUT2D eigenvalue weighted by Crippen LogP contribution is -2.69. The van der Waals surface area contributed by atoms with Crippen LogP contribution >= 0.6 is 0 Å². The highest BCUT2D eigenvalue weighted by Gasteiger charge is 2.48. The number of morpholine rings is 1. The minimum absolute atomic E-state index is 0.0899. The molecule has 1 spiro atoms. The van der Waals surface area contributed by atoms with Gasteiger partial charge in [-0.1, -0.05) is 0 Å². The van der Waals surface area contributed by atoms with Crippen molar-refractivity contribution in [3.8, 4) is 0 Å². The topological polar surface area (TPSA) is 39.7 Å². The Hall–Kier alpha value is -0.160. The van der Waals surface area contributed by atoms with Gasteiger partial charge in [-0.2, -0.15) is 0 Å². The maximum Gasteiger partial charge on any atom is 0.132 e. The normalized spacial score (nSPS) is 31.6. The molecule has 0 radical (unpaired) electrons. The second kappa shape index (κ2) is 3.92. The lowest BCUT2D eigenvalue weighted by Gasteiger charge is -2.49. The summed E-state index contributed by atoms with van der Waals surface area (Å²) in [5.41, 5.74) is -0.0899. The van der Waals surface area contributed by atoms with Crippen LogP contribution in [0.4, 0.5) is 0 Å². The van der Waals surface area contributed by atoms with E-state index in [2.05, 4.69) is 5.32 Å². The molecule has 0 aromatic rings. The van der Waals surface area contributed by atoms with Crippen molar-refractivity contribution in [2.24, 2.45) is 0 Å². The number of nitrogens with one attached hydrogen (secondary N) is 1. The van der Waals surface area contributed by atoms with Crippen molar-refractivity contribution in [2.75, 3.05) is 39.6 Å². The third kappa shape index (κ3) is 1.72. The van der Waals surface area contributed by atoms with Gasteiger partial charge >= 0.3 is 0 Å². The van der Waals surface area contributed by atoms with Gasteiger partial charge in [0, 0.05) is 13.2 Å². The van der Waals surface area contributed by atoms with Gasteiger partial charge in [0.1, 0.15) is 5.60 Å². The van der Waals surface area contributed by atoms with Gasteiger partial charge in [0.15, 0.2) is 0 Å². The molecule has 4 heteroatoms. The van der Waals surface area contributed by atoms with E-state index in [1.165, 1.54) is 0 Å². The monoisotopic (exact) mass is 187 g/mol. The maximum absolute atomic E-state index is 5.74.